The number of halogens is 1. The van der Waals surface area contributed by atoms with Crippen molar-refractivity contribution in [2.24, 2.45) is 0 Å². The zero-order chi connectivity index (χ0) is 12.1. The van der Waals surface area contributed by atoms with Gasteiger partial charge in [-0.2, -0.15) is 0 Å². The quantitative estimate of drug-likeness (QED) is 0.814. The van der Waals surface area contributed by atoms with Gasteiger partial charge >= 0.3 is 0 Å². The SMILES string of the molecule is Oc1cccc(Cl)c1CNCCc1cccs1. The number of hydrogen-bond donors (Lipinski definition) is 2. The Kier molecular flexibility index (Phi) is 4.42. The van der Waals surface area contributed by atoms with E-state index in [1.807, 2.05) is 0 Å². The first-order valence-corrected chi connectivity index (χ1v) is 6.72. The Balaban J connectivity index is 1.82. The van der Waals surface area contributed by atoms with Gasteiger partial charge in [0.15, 0.2) is 0 Å². The molecule has 4 heteroatoms. The summed E-state index contributed by atoms with van der Waals surface area (Å²) in [6.07, 6.45) is 1.00. The first-order chi connectivity index (χ1) is 8.27. The summed E-state index contributed by atoms with van der Waals surface area (Å²) < 4.78 is 0. The predicted octanol–water partition coefficient (Wildman–Crippen LogP) is 3.44. The minimum Gasteiger partial charge on any atom is -0.508 e. The normalized spacial score (nSPS) is 10.6. The van der Waals surface area contributed by atoms with E-state index in [4.69, 9.17) is 11.6 Å². The van der Waals surface area contributed by atoms with E-state index in [1.165, 1.54) is 4.88 Å². The molecular weight excluding hydrogens is 254 g/mol. The highest BCUT2D eigenvalue weighted by Gasteiger charge is 2.04. The van der Waals surface area contributed by atoms with E-state index in [1.54, 1.807) is 29.5 Å². The van der Waals surface area contributed by atoms with Gasteiger partial charge in [-0.3, -0.25) is 0 Å². The van der Waals surface area contributed by atoms with Crippen LogP contribution in [0.3, 0.4) is 0 Å². The van der Waals surface area contributed by atoms with Crippen LogP contribution in [-0.2, 0) is 13.0 Å². The molecule has 1 aromatic heterocycles. The van der Waals surface area contributed by atoms with Gasteiger partial charge in [0, 0.05) is 28.6 Å². The first-order valence-electron chi connectivity index (χ1n) is 5.47. The molecule has 0 aliphatic heterocycles. The lowest BCUT2D eigenvalue weighted by molar-refractivity contribution is 0.465. The number of nitrogens with one attached hydrogen (secondary N) is 1. The van der Waals surface area contributed by atoms with E-state index < -0.39 is 0 Å². The summed E-state index contributed by atoms with van der Waals surface area (Å²) in [5, 5.41) is 15.6. The third-order valence-electron chi connectivity index (χ3n) is 2.52. The second kappa shape index (κ2) is 6.05. The molecule has 0 amide bonds. The number of rotatable bonds is 5. The fourth-order valence-electron chi connectivity index (χ4n) is 1.60. The Labute approximate surface area is 110 Å². The average Bonchev–Trinajstić information content (AvgIpc) is 2.80. The molecule has 17 heavy (non-hydrogen) atoms. The third kappa shape index (κ3) is 3.46. The second-order valence-corrected chi connectivity index (χ2v) is 5.18. The van der Waals surface area contributed by atoms with Gasteiger partial charge in [0.1, 0.15) is 5.75 Å². The standard InChI is InChI=1S/C13H14ClNOS/c14-12-4-1-5-13(16)11(12)9-15-7-6-10-3-2-8-17-10/h1-5,8,15-16H,6-7,9H2. The highest BCUT2D eigenvalue weighted by atomic mass is 35.5. The molecule has 0 bridgehead atoms. The van der Waals surface area contributed by atoms with Gasteiger partial charge in [0.05, 0.1) is 0 Å². The van der Waals surface area contributed by atoms with Crippen molar-refractivity contribution in [1.82, 2.24) is 5.32 Å². The molecule has 90 valence electrons. The second-order valence-electron chi connectivity index (χ2n) is 3.74. The number of hydrogen-bond acceptors (Lipinski definition) is 3. The van der Waals surface area contributed by atoms with Crippen LogP contribution in [0.25, 0.3) is 0 Å². The number of benzene rings is 1. The van der Waals surface area contributed by atoms with Crippen LogP contribution in [0.15, 0.2) is 35.7 Å². The Hall–Kier alpha value is -1.03. The summed E-state index contributed by atoms with van der Waals surface area (Å²) in [4.78, 5) is 1.36. The van der Waals surface area contributed by atoms with Crippen LogP contribution in [0.2, 0.25) is 5.02 Å². The maximum atomic E-state index is 9.65. The van der Waals surface area contributed by atoms with Gasteiger partial charge in [0.25, 0.3) is 0 Å². The Morgan fingerprint density at radius 2 is 2.12 bits per heavy atom. The van der Waals surface area contributed by atoms with Gasteiger partial charge in [-0.15, -0.1) is 11.3 Å². The van der Waals surface area contributed by atoms with Crippen molar-refractivity contribution in [3.63, 3.8) is 0 Å². The van der Waals surface area contributed by atoms with Crippen LogP contribution in [0.5, 0.6) is 5.75 Å². The van der Waals surface area contributed by atoms with Crippen LogP contribution in [0.1, 0.15) is 10.4 Å². The van der Waals surface area contributed by atoms with E-state index in [9.17, 15) is 5.11 Å². The molecule has 0 spiro atoms. The number of thiophene rings is 1. The van der Waals surface area contributed by atoms with Crippen molar-refractivity contribution >= 4 is 22.9 Å². The molecule has 2 aromatic rings. The summed E-state index contributed by atoms with van der Waals surface area (Å²) in [7, 11) is 0. The first kappa shape index (κ1) is 12.4. The van der Waals surface area contributed by atoms with E-state index >= 15 is 0 Å². The van der Waals surface area contributed by atoms with Crippen LogP contribution in [-0.4, -0.2) is 11.7 Å². The van der Waals surface area contributed by atoms with Crippen LogP contribution in [0.4, 0.5) is 0 Å². The molecule has 0 aliphatic rings. The highest BCUT2D eigenvalue weighted by Crippen LogP contribution is 2.24. The van der Waals surface area contributed by atoms with Gasteiger partial charge in [-0.1, -0.05) is 23.7 Å². The van der Waals surface area contributed by atoms with Crippen molar-refractivity contribution in [1.29, 1.82) is 0 Å². The Bertz CT molecular complexity index is 450. The van der Waals surface area contributed by atoms with E-state index in [0.29, 0.717) is 11.6 Å². The third-order valence-corrected chi connectivity index (χ3v) is 3.81. The lowest BCUT2D eigenvalue weighted by atomic mass is 10.2. The molecule has 0 atom stereocenters. The molecule has 0 saturated heterocycles. The smallest absolute Gasteiger partial charge is 0.121 e. The molecule has 2 nitrogen and oxygen atoms in total. The van der Waals surface area contributed by atoms with E-state index in [-0.39, 0.29) is 5.75 Å². The number of phenolic OH excluding ortho intramolecular Hbond substituents is 1. The lowest BCUT2D eigenvalue weighted by Gasteiger charge is -2.08. The maximum Gasteiger partial charge on any atom is 0.121 e. The van der Waals surface area contributed by atoms with Crippen LogP contribution < -0.4 is 5.32 Å². The van der Waals surface area contributed by atoms with Gasteiger partial charge in [0.2, 0.25) is 0 Å². The van der Waals surface area contributed by atoms with Crippen LogP contribution >= 0.6 is 22.9 Å². The molecular formula is C13H14ClNOS. The minimum atomic E-state index is 0.251. The summed E-state index contributed by atoms with van der Waals surface area (Å²) in [6, 6.07) is 9.37. The van der Waals surface area contributed by atoms with Crippen LogP contribution in [0, 0.1) is 0 Å². The summed E-state index contributed by atoms with van der Waals surface area (Å²) >= 11 is 7.77. The lowest BCUT2D eigenvalue weighted by Crippen LogP contribution is -2.16. The Morgan fingerprint density at radius 1 is 1.24 bits per heavy atom. The fourth-order valence-corrected chi connectivity index (χ4v) is 2.55. The predicted molar refractivity (Wildman–Crippen MR) is 72.8 cm³/mol. The van der Waals surface area contributed by atoms with E-state index in [0.717, 1.165) is 18.5 Å². The number of aromatic hydroxyl groups is 1. The number of phenols is 1. The zero-order valence-corrected chi connectivity index (χ0v) is 10.9. The molecule has 1 aromatic carbocycles. The van der Waals surface area contributed by atoms with E-state index in [2.05, 4.69) is 22.8 Å². The molecule has 0 unspecified atom stereocenters. The van der Waals surface area contributed by atoms with Crippen molar-refractivity contribution in [2.45, 2.75) is 13.0 Å². The van der Waals surface area contributed by atoms with Gasteiger partial charge in [-0.25, -0.2) is 0 Å². The monoisotopic (exact) mass is 267 g/mol. The summed E-state index contributed by atoms with van der Waals surface area (Å²) in [5.41, 5.74) is 0.764. The molecule has 2 N–H and O–H groups in total. The molecule has 0 fully saturated rings. The fraction of sp³-hybridized carbons (Fsp3) is 0.231. The average molecular weight is 268 g/mol. The highest BCUT2D eigenvalue weighted by molar-refractivity contribution is 7.09. The van der Waals surface area contributed by atoms with Gasteiger partial charge in [-0.05, 0) is 30.0 Å². The minimum absolute atomic E-state index is 0.251. The zero-order valence-electron chi connectivity index (χ0n) is 9.32. The maximum absolute atomic E-state index is 9.65. The molecule has 0 radical (unpaired) electrons. The molecule has 2 rings (SSSR count). The molecule has 1 heterocycles. The van der Waals surface area contributed by atoms with Crippen molar-refractivity contribution in [3.8, 4) is 5.75 Å². The largest absolute Gasteiger partial charge is 0.508 e. The summed E-state index contributed by atoms with van der Waals surface area (Å²) in [6.45, 7) is 1.47. The molecule has 0 saturated carbocycles. The molecule has 0 aliphatic carbocycles. The van der Waals surface area contributed by atoms with Crippen molar-refractivity contribution < 1.29 is 5.11 Å². The van der Waals surface area contributed by atoms with Gasteiger partial charge < -0.3 is 10.4 Å². The van der Waals surface area contributed by atoms with Crippen molar-refractivity contribution in [2.75, 3.05) is 6.54 Å². The van der Waals surface area contributed by atoms with Crippen molar-refractivity contribution in [3.05, 3.63) is 51.2 Å². The summed E-state index contributed by atoms with van der Waals surface area (Å²) in [5.74, 6) is 0.251. The Morgan fingerprint density at radius 3 is 2.82 bits per heavy atom. The topological polar surface area (TPSA) is 32.3 Å².